The van der Waals surface area contributed by atoms with Gasteiger partial charge in [-0.3, -0.25) is 4.79 Å². The van der Waals surface area contributed by atoms with E-state index < -0.39 is 11.5 Å². The normalized spacial score (nSPS) is 16.7. The lowest BCUT2D eigenvalue weighted by atomic mass is 9.83. The first kappa shape index (κ1) is 13.1. The van der Waals surface area contributed by atoms with Gasteiger partial charge in [-0.2, -0.15) is 0 Å². The minimum atomic E-state index is -0.714. The predicted octanol–water partition coefficient (Wildman–Crippen LogP) is 3.15. The van der Waals surface area contributed by atoms with E-state index in [-0.39, 0.29) is 5.91 Å². The third-order valence-corrected chi connectivity index (χ3v) is 3.70. The molecule has 1 aromatic carbocycles. The second-order valence-corrected chi connectivity index (χ2v) is 5.77. The molecular weight excluding hydrogens is 298 g/mol. The number of ether oxygens (including phenoxy) is 1. The van der Waals surface area contributed by atoms with Crippen molar-refractivity contribution in [1.82, 2.24) is 0 Å². The van der Waals surface area contributed by atoms with Gasteiger partial charge in [0, 0.05) is 4.47 Å². The Bertz CT molecular complexity index is 551. The topological polar surface area (TPSA) is 46.6 Å². The van der Waals surface area contributed by atoms with Crippen molar-refractivity contribution in [2.75, 3.05) is 12.0 Å². The van der Waals surface area contributed by atoms with Crippen LogP contribution < -0.4 is 4.90 Å². The number of halogens is 1. The van der Waals surface area contributed by atoms with E-state index >= 15 is 0 Å². The van der Waals surface area contributed by atoms with Gasteiger partial charge >= 0.3 is 6.09 Å². The van der Waals surface area contributed by atoms with Crippen molar-refractivity contribution >= 4 is 33.6 Å². The Labute approximate surface area is 114 Å². The van der Waals surface area contributed by atoms with E-state index in [1.165, 1.54) is 7.11 Å². The summed E-state index contributed by atoms with van der Waals surface area (Å²) in [5, 5.41) is 0. The van der Waals surface area contributed by atoms with Gasteiger partial charge in [-0.05, 0) is 44.0 Å². The predicted molar refractivity (Wildman–Crippen MR) is 71.8 cm³/mol. The second-order valence-electron chi connectivity index (χ2n) is 4.85. The lowest BCUT2D eigenvalue weighted by Crippen LogP contribution is -2.40. The van der Waals surface area contributed by atoms with Gasteiger partial charge in [0.2, 0.25) is 5.91 Å². The van der Waals surface area contributed by atoms with Crippen LogP contribution in [0, 0.1) is 6.92 Å². The zero-order valence-electron chi connectivity index (χ0n) is 10.7. The highest BCUT2D eigenvalue weighted by Crippen LogP contribution is 2.45. The maximum atomic E-state index is 12.4. The fraction of sp³-hybridized carbons (Fsp3) is 0.385. The molecule has 2 amide bonds. The number of benzene rings is 1. The number of carbonyl (C=O) groups excluding carboxylic acids is 2. The molecule has 0 atom stereocenters. The van der Waals surface area contributed by atoms with Gasteiger partial charge in [-0.25, -0.2) is 9.69 Å². The molecule has 96 valence electrons. The molecule has 0 saturated heterocycles. The third kappa shape index (κ3) is 1.65. The summed E-state index contributed by atoms with van der Waals surface area (Å²) in [6, 6.07) is 3.71. The molecule has 2 rings (SSSR count). The first-order valence-corrected chi connectivity index (χ1v) is 6.33. The molecule has 0 aliphatic carbocycles. The molecule has 0 unspecified atom stereocenters. The Morgan fingerprint density at radius 3 is 2.56 bits per heavy atom. The van der Waals surface area contributed by atoms with Crippen LogP contribution in [0.1, 0.15) is 25.0 Å². The van der Waals surface area contributed by atoms with Gasteiger partial charge in [-0.15, -0.1) is 0 Å². The van der Waals surface area contributed by atoms with Crippen LogP contribution in [0.15, 0.2) is 16.6 Å². The van der Waals surface area contributed by atoms with Gasteiger partial charge in [-0.1, -0.05) is 15.9 Å². The molecule has 0 saturated carbocycles. The van der Waals surface area contributed by atoms with Crippen molar-refractivity contribution < 1.29 is 14.3 Å². The molecule has 1 heterocycles. The molecule has 1 aromatic rings. The van der Waals surface area contributed by atoms with Crippen molar-refractivity contribution in [2.45, 2.75) is 26.2 Å². The highest BCUT2D eigenvalue weighted by Gasteiger charge is 2.48. The summed E-state index contributed by atoms with van der Waals surface area (Å²) in [5.41, 5.74) is 1.74. The number of carbonyl (C=O) groups is 2. The molecule has 0 N–H and O–H groups in total. The van der Waals surface area contributed by atoms with Crippen LogP contribution in [0.4, 0.5) is 10.5 Å². The Balaban J connectivity index is 2.73. The van der Waals surface area contributed by atoms with Crippen molar-refractivity contribution in [3.05, 3.63) is 27.7 Å². The van der Waals surface area contributed by atoms with Gasteiger partial charge in [0.1, 0.15) is 0 Å². The molecule has 0 aromatic heterocycles. The highest BCUT2D eigenvalue weighted by atomic mass is 79.9. The Morgan fingerprint density at radius 2 is 2.00 bits per heavy atom. The van der Waals surface area contributed by atoms with E-state index in [1.54, 1.807) is 6.07 Å². The van der Waals surface area contributed by atoms with E-state index in [0.29, 0.717) is 5.69 Å². The number of imide groups is 1. The SMILES string of the molecule is COC(=O)N1C(=O)C(C)(C)c2c(C)cc(Br)cc21. The summed E-state index contributed by atoms with van der Waals surface area (Å²) in [6.45, 7) is 5.56. The average Bonchev–Trinajstić information content (AvgIpc) is 2.46. The fourth-order valence-corrected chi connectivity index (χ4v) is 3.04. The van der Waals surface area contributed by atoms with Gasteiger partial charge < -0.3 is 4.74 Å². The minimum Gasteiger partial charge on any atom is -0.452 e. The van der Waals surface area contributed by atoms with E-state index in [1.807, 2.05) is 26.8 Å². The van der Waals surface area contributed by atoms with E-state index in [2.05, 4.69) is 20.7 Å². The average molecular weight is 312 g/mol. The maximum Gasteiger partial charge on any atom is 0.420 e. The van der Waals surface area contributed by atoms with E-state index in [9.17, 15) is 9.59 Å². The number of aryl methyl sites for hydroxylation is 1. The monoisotopic (exact) mass is 311 g/mol. The molecule has 5 heteroatoms. The maximum absolute atomic E-state index is 12.4. The van der Waals surface area contributed by atoms with Crippen molar-refractivity contribution in [1.29, 1.82) is 0 Å². The fourth-order valence-electron chi connectivity index (χ4n) is 2.48. The van der Waals surface area contributed by atoms with Crippen LogP contribution in [0.2, 0.25) is 0 Å². The Morgan fingerprint density at radius 1 is 1.39 bits per heavy atom. The van der Waals surface area contributed by atoms with Crippen molar-refractivity contribution in [3.63, 3.8) is 0 Å². The summed E-state index contributed by atoms with van der Waals surface area (Å²) < 4.78 is 5.52. The molecule has 0 spiro atoms. The smallest absolute Gasteiger partial charge is 0.420 e. The number of methoxy groups -OCH3 is 1. The van der Waals surface area contributed by atoms with Gasteiger partial charge in [0.05, 0.1) is 18.2 Å². The Hall–Kier alpha value is -1.36. The van der Waals surface area contributed by atoms with Crippen LogP contribution in [-0.4, -0.2) is 19.1 Å². The third-order valence-electron chi connectivity index (χ3n) is 3.24. The summed E-state index contributed by atoms with van der Waals surface area (Å²) in [4.78, 5) is 25.2. The second kappa shape index (κ2) is 4.09. The number of nitrogens with zero attached hydrogens (tertiary/aromatic N) is 1. The zero-order chi connectivity index (χ0) is 13.7. The number of hydrogen-bond acceptors (Lipinski definition) is 3. The molecule has 1 aliphatic heterocycles. The number of hydrogen-bond donors (Lipinski definition) is 0. The van der Waals surface area contributed by atoms with Crippen molar-refractivity contribution in [2.24, 2.45) is 0 Å². The summed E-state index contributed by atoms with van der Waals surface area (Å²) >= 11 is 3.38. The Kier molecular flexibility index (Phi) is 2.97. The number of anilines is 1. The molecule has 0 radical (unpaired) electrons. The summed E-state index contributed by atoms with van der Waals surface area (Å²) in [5.74, 6) is -0.259. The standard InChI is InChI=1S/C13H14BrNO3/c1-7-5-8(14)6-9-10(7)13(2,3)11(16)15(9)12(17)18-4/h5-6H,1-4H3. The van der Waals surface area contributed by atoms with Crippen LogP contribution in [0.5, 0.6) is 0 Å². The summed E-state index contributed by atoms with van der Waals surface area (Å²) in [7, 11) is 1.27. The molecule has 18 heavy (non-hydrogen) atoms. The first-order chi connectivity index (χ1) is 8.30. The number of rotatable bonds is 0. The number of amides is 2. The van der Waals surface area contributed by atoms with Crippen LogP contribution in [-0.2, 0) is 14.9 Å². The minimum absolute atomic E-state index is 0.259. The lowest BCUT2D eigenvalue weighted by Gasteiger charge is -2.18. The highest BCUT2D eigenvalue weighted by molar-refractivity contribution is 9.10. The molecule has 1 aliphatic rings. The zero-order valence-corrected chi connectivity index (χ0v) is 12.3. The van der Waals surface area contributed by atoms with Gasteiger partial charge in [0.25, 0.3) is 0 Å². The quantitative estimate of drug-likeness (QED) is 0.739. The van der Waals surface area contributed by atoms with E-state index in [0.717, 1.165) is 20.5 Å². The molecule has 0 fully saturated rings. The van der Waals surface area contributed by atoms with E-state index in [4.69, 9.17) is 0 Å². The molecule has 0 bridgehead atoms. The first-order valence-electron chi connectivity index (χ1n) is 5.54. The van der Waals surface area contributed by atoms with Gasteiger partial charge in [0.15, 0.2) is 0 Å². The van der Waals surface area contributed by atoms with Crippen LogP contribution >= 0.6 is 15.9 Å². The molecule has 4 nitrogen and oxygen atoms in total. The molecular formula is C13H14BrNO3. The number of fused-ring (bicyclic) bond motifs is 1. The van der Waals surface area contributed by atoms with Crippen LogP contribution in [0.3, 0.4) is 0 Å². The summed E-state index contributed by atoms with van der Waals surface area (Å²) in [6.07, 6.45) is -0.649. The lowest BCUT2D eigenvalue weighted by molar-refractivity contribution is -0.121. The van der Waals surface area contributed by atoms with Crippen LogP contribution in [0.25, 0.3) is 0 Å². The largest absolute Gasteiger partial charge is 0.452 e. The van der Waals surface area contributed by atoms with Crippen molar-refractivity contribution in [3.8, 4) is 0 Å².